The maximum atomic E-state index is 8.64. The van der Waals surface area contributed by atoms with Crippen LogP contribution in [0.3, 0.4) is 0 Å². The Bertz CT molecular complexity index is 291. The average Bonchev–Trinajstić information content (AvgIpc) is 2.78. The molecule has 8 heteroatoms. The number of nitrogens with one attached hydrogen (secondary N) is 3. The fourth-order valence-electron chi connectivity index (χ4n) is 0.959. The Hall–Kier alpha value is -0.990. The molecular formula is C9H19N5OS2. The molecule has 1 atom stereocenters. The van der Waals surface area contributed by atoms with E-state index in [1.807, 2.05) is 6.92 Å². The third kappa shape index (κ3) is 11.3. The minimum absolute atomic E-state index is 0.479. The molecule has 17 heavy (non-hydrogen) atoms. The summed E-state index contributed by atoms with van der Waals surface area (Å²) in [5.41, 5.74) is 4.84. The van der Waals surface area contributed by atoms with Crippen molar-refractivity contribution in [1.29, 1.82) is 0 Å². The van der Waals surface area contributed by atoms with Gasteiger partial charge in [-0.05, 0) is 26.1 Å². The van der Waals surface area contributed by atoms with Gasteiger partial charge in [-0.1, -0.05) is 12.2 Å². The van der Waals surface area contributed by atoms with E-state index in [2.05, 4.69) is 45.4 Å². The topological polar surface area (TPSA) is 94.7 Å². The highest BCUT2D eigenvalue weighted by molar-refractivity contribution is 7.80. The van der Waals surface area contributed by atoms with E-state index in [4.69, 9.17) is 10.8 Å². The van der Waals surface area contributed by atoms with E-state index >= 15 is 0 Å². The molecule has 2 heterocycles. The van der Waals surface area contributed by atoms with Crippen molar-refractivity contribution in [2.24, 2.45) is 10.7 Å². The highest BCUT2D eigenvalue weighted by Crippen LogP contribution is 1.82. The third-order valence-electron chi connectivity index (χ3n) is 1.60. The van der Waals surface area contributed by atoms with Gasteiger partial charge in [0.25, 0.3) is 0 Å². The normalized spacial score (nSPS) is 20.5. The number of rotatable bonds is 0. The first-order valence-electron chi connectivity index (χ1n) is 5.15. The fourth-order valence-corrected chi connectivity index (χ4v) is 1.18. The summed E-state index contributed by atoms with van der Waals surface area (Å²) in [7, 11) is 0. The van der Waals surface area contributed by atoms with E-state index in [0.717, 1.165) is 18.9 Å². The van der Waals surface area contributed by atoms with Gasteiger partial charge in [0.1, 0.15) is 6.23 Å². The maximum Gasteiger partial charge on any atom is 0.168 e. The number of nitrogens with two attached hydrogens (primary N) is 1. The largest absolute Gasteiger partial charge is 0.394 e. The lowest BCUT2D eigenvalue weighted by atomic mass is 10.6. The smallest absolute Gasteiger partial charge is 0.168 e. The number of amidine groups is 1. The Morgan fingerprint density at radius 1 is 1.53 bits per heavy atom. The minimum atomic E-state index is -0.479. The van der Waals surface area contributed by atoms with E-state index in [9.17, 15) is 0 Å². The molecule has 0 saturated carbocycles. The molecule has 0 aromatic heterocycles. The molecule has 6 nitrogen and oxygen atoms in total. The highest BCUT2D eigenvalue weighted by atomic mass is 32.1. The molecule has 0 aromatic carbocycles. The average molecular weight is 277 g/mol. The van der Waals surface area contributed by atoms with Crippen LogP contribution in [0.5, 0.6) is 0 Å². The van der Waals surface area contributed by atoms with Gasteiger partial charge >= 0.3 is 0 Å². The molecule has 0 amide bonds. The Kier molecular flexibility index (Phi) is 8.55. The lowest BCUT2D eigenvalue weighted by Crippen LogP contribution is -2.25. The molecule has 1 unspecified atom stereocenters. The second-order valence-corrected chi connectivity index (χ2v) is 4.43. The lowest BCUT2D eigenvalue weighted by Gasteiger charge is -1.94. The van der Waals surface area contributed by atoms with Gasteiger partial charge in [-0.2, -0.15) is 0 Å². The van der Waals surface area contributed by atoms with Crippen LogP contribution in [0.1, 0.15) is 13.8 Å². The van der Waals surface area contributed by atoms with Crippen LogP contribution in [-0.4, -0.2) is 46.9 Å². The summed E-state index contributed by atoms with van der Waals surface area (Å²) in [6, 6.07) is 0. The number of aliphatic imine (C=N–C) groups is 1. The first-order chi connectivity index (χ1) is 7.91. The van der Waals surface area contributed by atoms with Crippen molar-refractivity contribution < 1.29 is 5.11 Å². The van der Waals surface area contributed by atoms with Gasteiger partial charge in [0.15, 0.2) is 5.11 Å². The van der Waals surface area contributed by atoms with Crippen molar-refractivity contribution in [1.82, 2.24) is 16.0 Å². The van der Waals surface area contributed by atoms with Gasteiger partial charge in [0.2, 0.25) is 0 Å². The molecule has 98 valence electrons. The first kappa shape index (κ1) is 16.0. The van der Waals surface area contributed by atoms with Crippen LogP contribution < -0.4 is 21.7 Å². The number of hydrogen-bond donors (Lipinski definition) is 5. The number of hydrogen-bond acceptors (Lipinski definition) is 5. The molecule has 6 N–H and O–H groups in total. The Morgan fingerprint density at radius 2 is 2.12 bits per heavy atom. The number of thiocarbonyl (C=S) groups is 2. The third-order valence-corrected chi connectivity index (χ3v) is 1.86. The van der Waals surface area contributed by atoms with Gasteiger partial charge in [-0.25, -0.2) is 0 Å². The Labute approximate surface area is 112 Å². The number of β-amino-alcohol motifs (C(OH)–C–C–N with tert-alkyl or cyclic N) is 1. The Balaban J connectivity index is 0.000000236. The molecule has 2 rings (SSSR count). The zero-order valence-electron chi connectivity index (χ0n) is 9.99. The van der Waals surface area contributed by atoms with Crippen molar-refractivity contribution in [3.8, 4) is 0 Å². The predicted molar refractivity (Wildman–Crippen MR) is 78.2 cm³/mol. The van der Waals surface area contributed by atoms with Crippen molar-refractivity contribution in [3.63, 3.8) is 0 Å². The standard InChI is InChI=1S/C4H8N2.C3H6N2OS.C2H5NS/c1-4-5-2-3-6-4;6-2-1-4-3(7)5-2;1-2(3)4/h2-3H2,1H3,(H,5,6);2,6H,1H2,(H2,4,5,7);1H3,(H2,3,4). The van der Waals surface area contributed by atoms with E-state index in [-0.39, 0.29) is 0 Å². The zero-order chi connectivity index (χ0) is 13.3. The summed E-state index contributed by atoms with van der Waals surface area (Å²) in [4.78, 5) is 4.54. The molecule has 0 bridgehead atoms. The van der Waals surface area contributed by atoms with Crippen LogP contribution >= 0.6 is 24.4 Å². The number of nitrogens with zero attached hydrogens (tertiary/aromatic N) is 1. The summed E-state index contributed by atoms with van der Waals surface area (Å²) in [5.74, 6) is 1.08. The summed E-state index contributed by atoms with van der Waals surface area (Å²) in [6.07, 6.45) is -0.479. The molecule has 0 radical (unpaired) electrons. The first-order valence-corrected chi connectivity index (χ1v) is 5.97. The minimum Gasteiger partial charge on any atom is -0.394 e. The van der Waals surface area contributed by atoms with Gasteiger partial charge in [-0.15, -0.1) is 0 Å². The van der Waals surface area contributed by atoms with Gasteiger partial charge in [0.05, 0.1) is 23.9 Å². The SMILES string of the molecule is CC(N)=S.CC1=NCCN1.OC1CNC(=S)N1. The Morgan fingerprint density at radius 3 is 2.24 bits per heavy atom. The molecule has 1 saturated heterocycles. The summed E-state index contributed by atoms with van der Waals surface area (Å²) < 4.78 is 0. The predicted octanol–water partition coefficient (Wildman–Crippen LogP) is -0.917. The zero-order valence-corrected chi connectivity index (χ0v) is 11.6. The molecule has 0 spiro atoms. The van der Waals surface area contributed by atoms with Gasteiger partial charge in [0, 0.05) is 6.54 Å². The van der Waals surface area contributed by atoms with Crippen LogP contribution in [-0.2, 0) is 0 Å². The van der Waals surface area contributed by atoms with Crippen LogP contribution in [0.4, 0.5) is 0 Å². The van der Waals surface area contributed by atoms with Crippen LogP contribution in [0, 0.1) is 0 Å². The van der Waals surface area contributed by atoms with Gasteiger partial charge in [-0.3, -0.25) is 4.99 Å². The number of aliphatic hydroxyl groups excluding tert-OH is 1. The highest BCUT2D eigenvalue weighted by Gasteiger charge is 2.11. The second kappa shape index (κ2) is 9.08. The number of aliphatic hydroxyl groups is 1. The van der Waals surface area contributed by atoms with Crippen molar-refractivity contribution in [3.05, 3.63) is 0 Å². The molecule has 1 fully saturated rings. The van der Waals surface area contributed by atoms with E-state index in [0.29, 0.717) is 16.6 Å². The van der Waals surface area contributed by atoms with Crippen LogP contribution in [0.25, 0.3) is 0 Å². The summed E-state index contributed by atoms with van der Waals surface area (Å²) in [6.45, 7) is 6.18. The van der Waals surface area contributed by atoms with E-state index in [1.165, 1.54) is 0 Å². The molecule has 0 aromatic rings. The van der Waals surface area contributed by atoms with Crippen LogP contribution in [0.2, 0.25) is 0 Å². The quantitative estimate of drug-likeness (QED) is 0.366. The van der Waals surface area contributed by atoms with Gasteiger partial charge < -0.3 is 26.8 Å². The van der Waals surface area contributed by atoms with Crippen LogP contribution in [0.15, 0.2) is 4.99 Å². The van der Waals surface area contributed by atoms with E-state index < -0.39 is 6.23 Å². The summed E-state index contributed by atoms with van der Waals surface area (Å²) in [5, 5.41) is 17.6. The van der Waals surface area contributed by atoms with Crippen molar-refractivity contribution >= 4 is 40.4 Å². The van der Waals surface area contributed by atoms with Crippen molar-refractivity contribution in [2.45, 2.75) is 20.1 Å². The second-order valence-electron chi connectivity index (χ2n) is 3.37. The maximum absolute atomic E-state index is 8.64. The molecule has 2 aliphatic heterocycles. The summed E-state index contributed by atoms with van der Waals surface area (Å²) >= 11 is 8.93. The van der Waals surface area contributed by atoms with Crippen molar-refractivity contribution in [2.75, 3.05) is 19.6 Å². The van der Waals surface area contributed by atoms with E-state index in [1.54, 1.807) is 6.92 Å². The molecule has 0 aliphatic carbocycles. The monoisotopic (exact) mass is 277 g/mol. The fraction of sp³-hybridized carbons (Fsp3) is 0.667. The molecule has 2 aliphatic rings. The lowest BCUT2D eigenvalue weighted by molar-refractivity contribution is 0.179. The molecular weight excluding hydrogens is 258 g/mol.